The molecule has 0 spiro atoms. The molecule has 1 aromatic heterocycles. The highest BCUT2D eigenvalue weighted by molar-refractivity contribution is 7.92. The predicted molar refractivity (Wildman–Crippen MR) is 67.0 cm³/mol. The molecule has 0 atom stereocenters. The molecule has 7 nitrogen and oxygen atoms in total. The van der Waals surface area contributed by atoms with Crippen LogP contribution in [0.25, 0.3) is 0 Å². The van der Waals surface area contributed by atoms with Gasteiger partial charge in [-0.3, -0.25) is 14.6 Å². The molecular formula is C10H17N3O4S. The van der Waals surface area contributed by atoms with Crippen LogP contribution in [0.1, 0.15) is 38.3 Å². The van der Waals surface area contributed by atoms with E-state index in [1.807, 2.05) is 13.8 Å². The molecule has 0 aromatic carbocycles. The second kappa shape index (κ2) is 5.85. The number of nitrogens with one attached hydrogen (secondary N) is 2. The van der Waals surface area contributed by atoms with Crippen LogP contribution in [0.3, 0.4) is 0 Å². The highest BCUT2D eigenvalue weighted by Crippen LogP contribution is 2.15. The minimum Gasteiger partial charge on any atom is -0.481 e. The van der Waals surface area contributed by atoms with E-state index in [9.17, 15) is 13.2 Å². The van der Waals surface area contributed by atoms with Gasteiger partial charge in [0.15, 0.2) is 5.82 Å². The van der Waals surface area contributed by atoms with Crippen molar-refractivity contribution in [2.75, 3.05) is 10.5 Å². The van der Waals surface area contributed by atoms with Gasteiger partial charge in [0, 0.05) is 18.2 Å². The van der Waals surface area contributed by atoms with Crippen LogP contribution in [0.15, 0.2) is 6.07 Å². The number of anilines is 1. The van der Waals surface area contributed by atoms with Crippen molar-refractivity contribution in [3.8, 4) is 0 Å². The maximum Gasteiger partial charge on any atom is 0.303 e. The number of hydrogen-bond donors (Lipinski definition) is 3. The fourth-order valence-corrected chi connectivity index (χ4v) is 2.36. The third-order valence-electron chi connectivity index (χ3n) is 2.28. The highest BCUT2D eigenvalue weighted by atomic mass is 32.2. The van der Waals surface area contributed by atoms with Gasteiger partial charge in [-0.2, -0.15) is 5.10 Å². The van der Waals surface area contributed by atoms with E-state index in [4.69, 9.17) is 5.11 Å². The average Bonchev–Trinajstić information content (AvgIpc) is 2.64. The summed E-state index contributed by atoms with van der Waals surface area (Å²) >= 11 is 0. The summed E-state index contributed by atoms with van der Waals surface area (Å²) in [5, 5.41) is 15.0. The van der Waals surface area contributed by atoms with Gasteiger partial charge in [0.2, 0.25) is 10.0 Å². The Bertz CT molecular complexity index is 507. The van der Waals surface area contributed by atoms with Gasteiger partial charge in [-0.15, -0.1) is 0 Å². The number of H-pyrrole nitrogens is 1. The molecule has 0 aliphatic heterocycles. The molecule has 0 bridgehead atoms. The van der Waals surface area contributed by atoms with Gasteiger partial charge < -0.3 is 5.11 Å². The van der Waals surface area contributed by atoms with Gasteiger partial charge >= 0.3 is 5.97 Å². The molecule has 3 N–H and O–H groups in total. The molecule has 1 aromatic rings. The molecule has 0 amide bonds. The van der Waals surface area contributed by atoms with Crippen LogP contribution >= 0.6 is 0 Å². The van der Waals surface area contributed by atoms with Crippen LogP contribution in [0, 0.1) is 0 Å². The monoisotopic (exact) mass is 275 g/mol. The van der Waals surface area contributed by atoms with Crippen molar-refractivity contribution in [2.45, 2.75) is 32.6 Å². The van der Waals surface area contributed by atoms with E-state index in [-0.39, 0.29) is 30.3 Å². The van der Waals surface area contributed by atoms with Crippen LogP contribution < -0.4 is 4.72 Å². The maximum atomic E-state index is 11.6. The molecule has 1 heterocycles. The van der Waals surface area contributed by atoms with Crippen molar-refractivity contribution in [1.29, 1.82) is 0 Å². The number of aliphatic carboxylic acids is 1. The smallest absolute Gasteiger partial charge is 0.303 e. The van der Waals surface area contributed by atoms with Gasteiger partial charge in [-0.1, -0.05) is 13.8 Å². The second-order valence-electron chi connectivity index (χ2n) is 4.28. The van der Waals surface area contributed by atoms with E-state index < -0.39 is 16.0 Å². The fraction of sp³-hybridized carbons (Fsp3) is 0.600. The van der Waals surface area contributed by atoms with E-state index in [1.165, 1.54) is 0 Å². The first kappa shape index (κ1) is 14.5. The van der Waals surface area contributed by atoms with Gasteiger partial charge in [0.05, 0.1) is 5.75 Å². The van der Waals surface area contributed by atoms with Crippen LogP contribution in [0.4, 0.5) is 5.82 Å². The molecule has 0 fully saturated rings. The standard InChI is InChI=1S/C10H17N3O4S/c1-7(2)8-6-9(12-11-8)13-18(16,17)5-3-4-10(14)15/h6-7H,3-5H2,1-2H3,(H,14,15)(H2,11,12,13). The van der Waals surface area contributed by atoms with Gasteiger partial charge in [-0.25, -0.2) is 8.42 Å². The van der Waals surface area contributed by atoms with Crippen LogP contribution in [0.5, 0.6) is 0 Å². The van der Waals surface area contributed by atoms with Crippen molar-refractivity contribution in [2.24, 2.45) is 0 Å². The Balaban J connectivity index is 2.56. The molecule has 8 heteroatoms. The highest BCUT2D eigenvalue weighted by Gasteiger charge is 2.14. The van der Waals surface area contributed by atoms with E-state index >= 15 is 0 Å². The maximum absolute atomic E-state index is 11.6. The summed E-state index contributed by atoms with van der Waals surface area (Å²) in [6, 6.07) is 1.62. The lowest BCUT2D eigenvalue weighted by Crippen LogP contribution is -2.17. The Kier molecular flexibility index (Phi) is 4.71. The molecular weight excluding hydrogens is 258 g/mol. The zero-order valence-electron chi connectivity index (χ0n) is 10.3. The Morgan fingerprint density at radius 1 is 1.56 bits per heavy atom. The number of aromatic nitrogens is 2. The number of nitrogens with zero attached hydrogens (tertiary/aromatic N) is 1. The number of carbonyl (C=O) groups is 1. The Labute approximate surface area is 106 Å². The number of aromatic amines is 1. The first-order chi connectivity index (χ1) is 8.30. The van der Waals surface area contributed by atoms with Crippen LogP contribution in [-0.4, -0.2) is 35.4 Å². The lowest BCUT2D eigenvalue weighted by molar-refractivity contribution is -0.137. The lowest BCUT2D eigenvalue weighted by Gasteiger charge is -2.03. The number of carboxylic acid groups (broad SMARTS) is 1. The van der Waals surface area contributed by atoms with Gasteiger partial charge in [-0.05, 0) is 12.3 Å². The SMILES string of the molecule is CC(C)c1cc(NS(=O)(=O)CCCC(=O)O)n[nH]1. The first-order valence-corrected chi connectivity index (χ1v) is 7.23. The fourth-order valence-electron chi connectivity index (χ4n) is 1.31. The Morgan fingerprint density at radius 2 is 2.22 bits per heavy atom. The van der Waals surface area contributed by atoms with Crippen molar-refractivity contribution < 1.29 is 18.3 Å². The van der Waals surface area contributed by atoms with Crippen LogP contribution in [-0.2, 0) is 14.8 Å². The summed E-state index contributed by atoms with van der Waals surface area (Å²) < 4.78 is 25.5. The molecule has 0 unspecified atom stereocenters. The minimum absolute atomic E-state index is 0.0755. The Morgan fingerprint density at radius 3 is 2.72 bits per heavy atom. The zero-order chi connectivity index (χ0) is 13.8. The quantitative estimate of drug-likeness (QED) is 0.690. The van der Waals surface area contributed by atoms with Crippen molar-refractivity contribution in [1.82, 2.24) is 10.2 Å². The molecule has 0 saturated carbocycles. The molecule has 1 rings (SSSR count). The summed E-state index contributed by atoms with van der Waals surface area (Å²) in [5.74, 6) is -0.785. The molecule has 0 aliphatic carbocycles. The lowest BCUT2D eigenvalue weighted by atomic mass is 10.1. The van der Waals surface area contributed by atoms with E-state index in [0.29, 0.717) is 0 Å². The van der Waals surface area contributed by atoms with E-state index in [0.717, 1.165) is 5.69 Å². The second-order valence-corrected chi connectivity index (χ2v) is 6.12. The normalized spacial score (nSPS) is 11.7. The number of sulfonamides is 1. The van der Waals surface area contributed by atoms with E-state index in [1.54, 1.807) is 6.07 Å². The topological polar surface area (TPSA) is 112 Å². The molecule has 0 saturated heterocycles. The zero-order valence-corrected chi connectivity index (χ0v) is 11.1. The van der Waals surface area contributed by atoms with Crippen molar-refractivity contribution >= 4 is 21.8 Å². The summed E-state index contributed by atoms with van der Waals surface area (Å²) in [6.45, 7) is 3.91. The van der Waals surface area contributed by atoms with Crippen LogP contribution in [0.2, 0.25) is 0 Å². The third kappa shape index (κ3) is 4.74. The predicted octanol–water partition coefficient (Wildman–Crippen LogP) is 1.14. The van der Waals surface area contributed by atoms with Gasteiger partial charge in [0.25, 0.3) is 0 Å². The third-order valence-corrected chi connectivity index (χ3v) is 3.63. The summed E-state index contributed by atoms with van der Waals surface area (Å²) in [4.78, 5) is 10.3. The summed E-state index contributed by atoms with van der Waals surface area (Å²) in [5.41, 5.74) is 0.832. The van der Waals surface area contributed by atoms with Crippen molar-refractivity contribution in [3.05, 3.63) is 11.8 Å². The average molecular weight is 275 g/mol. The summed E-state index contributed by atoms with van der Waals surface area (Å²) in [6.07, 6.45) is -0.0924. The molecule has 0 radical (unpaired) electrons. The first-order valence-electron chi connectivity index (χ1n) is 5.58. The molecule has 0 aliphatic rings. The minimum atomic E-state index is -3.54. The van der Waals surface area contributed by atoms with Gasteiger partial charge in [0.1, 0.15) is 0 Å². The van der Waals surface area contributed by atoms with E-state index in [2.05, 4.69) is 14.9 Å². The largest absolute Gasteiger partial charge is 0.481 e. The number of hydrogen-bond acceptors (Lipinski definition) is 4. The number of rotatable bonds is 7. The van der Waals surface area contributed by atoms with Crippen molar-refractivity contribution in [3.63, 3.8) is 0 Å². The Hall–Kier alpha value is -1.57. The molecule has 18 heavy (non-hydrogen) atoms. The molecule has 102 valence electrons. The number of carboxylic acids is 1. The summed E-state index contributed by atoms with van der Waals surface area (Å²) in [7, 11) is -3.54.